The second-order valence-corrected chi connectivity index (χ2v) is 7.86. The van der Waals surface area contributed by atoms with E-state index < -0.39 is 0 Å². The Morgan fingerprint density at radius 2 is 1.88 bits per heavy atom. The molecule has 9 nitrogen and oxygen atoms in total. The molecule has 4 rings (SSSR count). The molecular weight excluding hydrogens is 444 g/mol. The Bertz CT molecular complexity index is 1110. The van der Waals surface area contributed by atoms with Crippen LogP contribution in [-0.2, 0) is 6.54 Å². The highest BCUT2D eigenvalue weighted by molar-refractivity contribution is 6.30. The van der Waals surface area contributed by atoms with Crippen LogP contribution in [0.5, 0.6) is 11.6 Å². The normalized spacial score (nSPS) is 13.5. The third-order valence-electron chi connectivity index (χ3n) is 5.40. The van der Waals surface area contributed by atoms with Crippen LogP contribution >= 0.6 is 11.6 Å². The zero-order valence-electron chi connectivity index (χ0n) is 18.5. The maximum atomic E-state index is 12.6. The van der Waals surface area contributed by atoms with Crippen LogP contribution in [-0.4, -0.2) is 61.3 Å². The monoisotopic (exact) mass is 468 g/mol. The van der Waals surface area contributed by atoms with Gasteiger partial charge in [-0.2, -0.15) is 4.98 Å². The van der Waals surface area contributed by atoms with Crippen LogP contribution in [0.25, 0.3) is 0 Å². The van der Waals surface area contributed by atoms with E-state index in [0.717, 1.165) is 30.1 Å². The first-order chi connectivity index (χ1) is 16.1. The summed E-state index contributed by atoms with van der Waals surface area (Å²) in [5.74, 6) is 1.24. The number of nitrogens with one attached hydrogen (secondary N) is 1. The molecule has 1 fully saturated rings. The van der Waals surface area contributed by atoms with E-state index in [1.165, 1.54) is 13.3 Å². The smallest absolute Gasteiger partial charge is 0.258 e. The summed E-state index contributed by atoms with van der Waals surface area (Å²) < 4.78 is 10.9. The van der Waals surface area contributed by atoms with Gasteiger partial charge in [0.15, 0.2) is 0 Å². The summed E-state index contributed by atoms with van der Waals surface area (Å²) >= 11 is 6.19. The van der Waals surface area contributed by atoms with Gasteiger partial charge in [-0.25, -0.2) is 4.98 Å². The maximum absolute atomic E-state index is 12.6. The number of carbonyl (C=O) groups excluding carboxylic acids is 1. The van der Waals surface area contributed by atoms with Gasteiger partial charge in [-0.3, -0.25) is 9.78 Å². The Kier molecular flexibility index (Phi) is 7.09. The standard InChI is InChI=1S/C23H25ClN6O3/c1-32-20-6-5-17(24)12-19(20)29-8-10-30(11-9-29)23-27-15-18(22(28-23)33-2)21(31)26-14-16-4-3-7-25-13-16/h3-7,12-13,15H,8-11,14H2,1-2H3,(H,26,31). The Morgan fingerprint density at radius 1 is 1.09 bits per heavy atom. The first-order valence-electron chi connectivity index (χ1n) is 10.5. The molecule has 172 valence electrons. The summed E-state index contributed by atoms with van der Waals surface area (Å²) in [7, 11) is 3.14. The number of amides is 1. The molecule has 0 unspecified atom stereocenters. The van der Waals surface area contributed by atoms with E-state index in [9.17, 15) is 4.79 Å². The van der Waals surface area contributed by atoms with Crippen LogP contribution in [0.2, 0.25) is 5.02 Å². The van der Waals surface area contributed by atoms with E-state index in [-0.39, 0.29) is 17.4 Å². The van der Waals surface area contributed by atoms with Crippen LogP contribution in [0.4, 0.5) is 11.6 Å². The number of piperazine rings is 1. The molecule has 10 heteroatoms. The Labute approximate surface area is 197 Å². The third-order valence-corrected chi connectivity index (χ3v) is 5.63. The molecule has 0 bridgehead atoms. The number of anilines is 2. The summed E-state index contributed by atoms with van der Waals surface area (Å²) in [6.07, 6.45) is 4.90. The fourth-order valence-electron chi connectivity index (χ4n) is 3.66. The summed E-state index contributed by atoms with van der Waals surface area (Å²) in [5, 5.41) is 3.51. The van der Waals surface area contributed by atoms with Gasteiger partial charge in [-0.1, -0.05) is 17.7 Å². The SMILES string of the molecule is COc1ccc(Cl)cc1N1CCN(c2ncc(C(=O)NCc3cccnc3)c(OC)n2)CC1. The summed E-state index contributed by atoms with van der Waals surface area (Å²) in [5.41, 5.74) is 2.15. The Balaban J connectivity index is 1.42. The van der Waals surface area contributed by atoms with Crippen LogP contribution in [0.1, 0.15) is 15.9 Å². The quantitative estimate of drug-likeness (QED) is 0.566. The van der Waals surface area contributed by atoms with Gasteiger partial charge in [0.25, 0.3) is 5.91 Å². The van der Waals surface area contributed by atoms with E-state index in [0.29, 0.717) is 30.6 Å². The summed E-state index contributed by atoms with van der Waals surface area (Å²) in [6.45, 7) is 3.24. The minimum Gasteiger partial charge on any atom is -0.495 e. The van der Waals surface area contributed by atoms with E-state index in [1.54, 1.807) is 19.5 Å². The lowest BCUT2D eigenvalue weighted by molar-refractivity contribution is 0.0946. The predicted octanol–water partition coefficient (Wildman–Crippen LogP) is 2.80. The summed E-state index contributed by atoms with van der Waals surface area (Å²) in [6, 6.07) is 9.31. The van der Waals surface area contributed by atoms with Crippen LogP contribution in [0, 0.1) is 0 Å². The first kappa shape index (κ1) is 22.6. The van der Waals surface area contributed by atoms with E-state index in [2.05, 4.69) is 30.1 Å². The maximum Gasteiger partial charge on any atom is 0.258 e. The van der Waals surface area contributed by atoms with Gasteiger partial charge in [0.05, 0.1) is 19.9 Å². The Morgan fingerprint density at radius 3 is 2.58 bits per heavy atom. The van der Waals surface area contributed by atoms with Crippen molar-refractivity contribution < 1.29 is 14.3 Å². The Hall–Kier alpha value is -3.59. The molecule has 0 aliphatic carbocycles. The number of hydrogen-bond donors (Lipinski definition) is 1. The van der Waals surface area contributed by atoms with Gasteiger partial charge in [0, 0.05) is 56.3 Å². The lowest BCUT2D eigenvalue weighted by Crippen LogP contribution is -2.47. The number of methoxy groups -OCH3 is 2. The average Bonchev–Trinajstić information content (AvgIpc) is 2.87. The minimum atomic E-state index is -0.305. The molecule has 3 heterocycles. The molecule has 1 aliphatic heterocycles. The lowest BCUT2D eigenvalue weighted by Gasteiger charge is -2.36. The van der Waals surface area contributed by atoms with E-state index in [1.807, 2.05) is 30.3 Å². The highest BCUT2D eigenvalue weighted by Gasteiger charge is 2.23. The van der Waals surface area contributed by atoms with Gasteiger partial charge in [0.1, 0.15) is 11.3 Å². The fraction of sp³-hybridized carbons (Fsp3) is 0.304. The molecule has 1 saturated heterocycles. The lowest BCUT2D eigenvalue weighted by atomic mass is 10.2. The van der Waals surface area contributed by atoms with Crippen molar-refractivity contribution in [3.8, 4) is 11.6 Å². The molecule has 33 heavy (non-hydrogen) atoms. The molecule has 0 atom stereocenters. The van der Waals surface area contributed by atoms with Gasteiger partial charge in [-0.05, 0) is 29.8 Å². The average molecular weight is 469 g/mol. The van der Waals surface area contributed by atoms with Crippen molar-refractivity contribution in [2.75, 3.05) is 50.2 Å². The molecule has 3 aromatic rings. The van der Waals surface area contributed by atoms with Crippen LogP contribution in [0.3, 0.4) is 0 Å². The van der Waals surface area contributed by atoms with Crippen molar-refractivity contribution in [3.63, 3.8) is 0 Å². The van der Waals surface area contributed by atoms with Crippen molar-refractivity contribution in [1.82, 2.24) is 20.3 Å². The zero-order valence-corrected chi connectivity index (χ0v) is 19.2. The molecule has 0 spiro atoms. The van der Waals surface area contributed by atoms with Gasteiger partial charge < -0.3 is 24.6 Å². The highest BCUT2D eigenvalue weighted by atomic mass is 35.5. The first-order valence-corrected chi connectivity index (χ1v) is 10.9. The number of ether oxygens (including phenoxy) is 2. The fourth-order valence-corrected chi connectivity index (χ4v) is 3.83. The number of nitrogens with zero attached hydrogens (tertiary/aromatic N) is 5. The third kappa shape index (κ3) is 5.25. The second-order valence-electron chi connectivity index (χ2n) is 7.43. The van der Waals surface area contributed by atoms with Crippen LogP contribution < -0.4 is 24.6 Å². The molecule has 0 saturated carbocycles. The molecule has 1 aliphatic rings. The van der Waals surface area contributed by atoms with Gasteiger partial charge in [-0.15, -0.1) is 0 Å². The topological polar surface area (TPSA) is 92.7 Å². The number of pyridine rings is 1. The van der Waals surface area contributed by atoms with Crippen molar-refractivity contribution in [2.24, 2.45) is 0 Å². The van der Waals surface area contributed by atoms with Crippen molar-refractivity contribution in [1.29, 1.82) is 0 Å². The number of rotatable bonds is 7. The van der Waals surface area contributed by atoms with E-state index >= 15 is 0 Å². The number of benzene rings is 1. The second kappa shape index (κ2) is 10.4. The molecule has 1 amide bonds. The zero-order chi connectivity index (χ0) is 23.2. The molecule has 0 radical (unpaired) electrons. The molecular formula is C23H25ClN6O3. The molecule has 1 N–H and O–H groups in total. The summed E-state index contributed by atoms with van der Waals surface area (Å²) in [4.78, 5) is 29.9. The van der Waals surface area contributed by atoms with Crippen molar-refractivity contribution >= 4 is 29.1 Å². The number of aromatic nitrogens is 3. The predicted molar refractivity (Wildman–Crippen MR) is 126 cm³/mol. The van der Waals surface area contributed by atoms with E-state index in [4.69, 9.17) is 21.1 Å². The minimum absolute atomic E-state index is 0.239. The van der Waals surface area contributed by atoms with Gasteiger partial charge >= 0.3 is 0 Å². The largest absolute Gasteiger partial charge is 0.495 e. The van der Waals surface area contributed by atoms with Crippen molar-refractivity contribution in [2.45, 2.75) is 6.54 Å². The van der Waals surface area contributed by atoms with Crippen LogP contribution in [0.15, 0.2) is 48.9 Å². The number of halogens is 1. The number of carbonyl (C=O) groups is 1. The highest BCUT2D eigenvalue weighted by Crippen LogP contribution is 2.32. The molecule has 2 aromatic heterocycles. The van der Waals surface area contributed by atoms with Crippen molar-refractivity contribution in [3.05, 3.63) is 65.1 Å². The number of hydrogen-bond acceptors (Lipinski definition) is 8. The van der Waals surface area contributed by atoms with Gasteiger partial charge in [0.2, 0.25) is 11.8 Å². The molecule has 1 aromatic carbocycles.